The fourth-order valence-electron chi connectivity index (χ4n) is 3.67. The molecule has 1 aromatic heterocycles. The lowest BCUT2D eigenvalue weighted by molar-refractivity contribution is -0.141. The zero-order valence-electron chi connectivity index (χ0n) is 14.7. The van der Waals surface area contributed by atoms with Crippen molar-refractivity contribution in [3.05, 3.63) is 52.7 Å². The first-order valence-corrected chi connectivity index (χ1v) is 10.1. The molecule has 2 saturated heterocycles. The molecule has 26 heavy (non-hydrogen) atoms. The molecule has 1 aromatic carbocycles. The van der Waals surface area contributed by atoms with Crippen molar-refractivity contribution in [1.29, 1.82) is 0 Å². The summed E-state index contributed by atoms with van der Waals surface area (Å²) in [6, 6.07) is 11.8. The van der Waals surface area contributed by atoms with Crippen molar-refractivity contribution >= 4 is 28.8 Å². The predicted octanol–water partition coefficient (Wildman–Crippen LogP) is 3.07. The van der Waals surface area contributed by atoms with Crippen molar-refractivity contribution in [3.63, 3.8) is 0 Å². The SMILES string of the molecule is O=C(c1ccsc1)N1CCC(Nc2ccccc2)(C(=O)N2CCC2)CC1. The van der Waals surface area contributed by atoms with Crippen molar-refractivity contribution in [1.82, 2.24) is 9.80 Å². The first kappa shape index (κ1) is 17.1. The van der Waals surface area contributed by atoms with Gasteiger partial charge in [-0.3, -0.25) is 9.59 Å². The average Bonchev–Trinajstić information content (AvgIpc) is 3.16. The normalized spacial score (nSPS) is 18.9. The van der Waals surface area contributed by atoms with E-state index in [1.807, 2.05) is 57.0 Å². The number of benzene rings is 1. The molecule has 4 rings (SSSR count). The fourth-order valence-corrected chi connectivity index (χ4v) is 4.30. The van der Waals surface area contributed by atoms with Crippen LogP contribution in [0.2, 0.25) is 0 Å². The van der Waals surface area contributed by atoms with Crippen molar-refractivity contribution in [3.8, 4) is 0 Å². The Balaban J connectivity index is 1.51. The van der Waals surface area contributed by atoms with E-state index in [0.717, 1.165) is 30.8 Å². The van der Waals surface area contributed by atoms with Crippen molar-refractivity contribution < 1.29 is 9.59 Å². The van der Waals surface area contributed by atoms with Crippen LogP contribution >= 0.6 is 11.3 Å². The molecule has 2 aliphatic rings. The van der Waals surface area contributed by atoms with E-state index in [0.29, 0.717) is 25.9 Å². The second kappa shape index (κ2) is 7.11. The number of amides is 2. The van der Waals surface area contributed by atoms with E-state index in [1.54, 1.807) is 0 Å². The summed E-state index contributed by atoms with van der Waals surface area (Å²) in [4.78, 5) is 29.6. The van der Waals surface area contributed by atoms with Gasteiger partial charge in [-0.1, -0.05) is 18.2 Å². The van der Waals surface area contributed by atoms with Crippen LogP contribution in [0.3, 0.4) is 0 Å². The van der Waals surface area contributed by atoms with Gasteiger partial charge in [0.2, 0.25) is 5.91 Å². The minimum atomic E-state index is -0.618. The summed E-state index contributed by atoms with van der Waals surface area (Å²) in [6.45, 7) is 2.87. The van der Waals surface area contributed by atoms with Crippen LogP contribution in [0.1, 0.15) is 29.6 Å². The summed E-state index contributed by atoms with van der Waals surface area (Å²) < 4.78 is 0. The van der Waals surface area contributed by atoms with E-state index in [-0.39, 0.29) is 11.8 Å². The third-order valence-corrected chi connectivity index (χ3v) is 6.07. The van der Waals surface area contributed by atoms with Crippen molar-refractivity contribution in [2.45, 2.75) is 24.8 Å². The van der Waals surface area contributed by atoms with Gasteiger partial charge >= 0.3 is 0 Å². The number of likely N-dealkylation sites (tertiary alicyclic amines) is 2. The Morgan fingerprint density at radius 2 is 1.69 bits per heavy atom. The lowest BCUT2D eigenvalue weighted by Gasteiger charge is -2.46. The number of hydrogen-bond acceptors (Lipinski definition) is 4. The Bertz CT molecular complexity index is 764. The summed E-state index contributed by atoms with van der Waals surface area (Å²) in [7, 11) is 0. The second-order valence-corrected chi connectivity index (χ2v) is 7.80. The van der Waals surface area contributed by atoms with Gasteiger partial charge in [-0.2, -0.15) is 11.3 Å². The summed E-state index contributed by atoms with van der Waals surface area (Å²) in [6.07, 6.45) is 2.34. The molecule has 0 unspecified atom stereocenters. The number of nitrogens with zero attached hydrogens (tertiary/aromatic N) is 2. The maximum Gasteiger partial charge on any atom is 0.254 e. The number of carbonyl (C=O) groups excluding carboxylic acids is 2. The summed E-state index contributed by atoms with van der Waals surface area (Å²) >= 11 is 1.53. The molecule has 6 heteroatoms. The van der Waals surface area contributed by atoms with Gasteiger partial charge in [0.1, 0.15) is 5.54 Å². The molecule has 0 atom stereocenters. The lowest BCUT2D eigenvalue weighted by Crippen LogP contribution is -2.62. The molecular formula is C20H23N3O2S. The molecule has 2 aromatic rings. The maximum atomic E-state index is 13.2. The van der Waals surface area contributed by atoms with Crippen LogP contribution in [0.4, 0.5) is 5.69 Å². The molecule has 0 saturated carbocycles. The molecule has 0 aliphatic carbocycles. The number of thiophene rings is 1. The van der Waals surface area contributed by atoms with E-state index in [2.05, 4.69) is 5.32 Å². The monoisotopic (exact) mass is 369 g/mol. The number of anilines is 1. The molecule has 3 heterocycles. The standard InChI is InChI=1S/C20H23N3O2S/c24-18(16-7-14-26-15-16)22-12-8-20(9-13-22,19(25)23-10-4-11-23)21-17-5-2-1-3-6-17/h1-3,5-7,14-15,21H,4,8-13H2. The molecule has 5 nitrogen and oxygen atoms in total. The Kier molecular flexibility index (Phi) is 4.68. The number of rotatable bonds is 4. The van der Waals surface area contributed by atoms with E-state index >= 15 is 0 Å². The Labute approximate surface area is 157 Å². The minimum Gasteiger partial charge on any atom is -0.371 e. The lowest BCUT2D eigenvalue weighted by atomic mass is 9.84. The minimum absolute atomic E-state index is 0.0657. The van der Waals surface area contributed by atoms with Crippen LogP contribution < -0.4 is 5.32 Å². The van der Waals surface area contributed by atoms with Gasteiger partial charge in [0.25, 0.3) is 5.91 Å². The fraction of sp³-hybridized carbons (Fsp3) is 0.400. The highest BCUT2D eigenvalue weighted by molar-refractivity contribution is 7.08. The van der Waals surface area contributed by atoms with Crippen LogP contribution in [0.15, 0.2) is 47.2 Å². The first-order chi connectivity index (χ1) is 12.7. The molecule has 0 radical (unpaired) electrons. The van der Waals surface area contributed by atoms with Crippen LogP contribution in [-0.2, 0) is 4.79 Å². The summed E-state index contributed by atoms with van der Waals surface area (Å²) in [5.41, 5.74) is 1.08. The number of carbonyl (C=O) groups is 2. The number of hydrogen-bond donors (Lipinski definition) is 1. The third kappa shape index (κ3) is 3.21. The van der Waals surface area contributed by atoms with E-state index < -0.39 is 5.54 Å². The molecule has 2 amide bonds. The topological polar surface area (TPSA) is 52.7 Å². The van der Waals surface area contributed by atoms with Gasteiger partial charge in [-0.05, 0) is 42.8 Å². The predicted molar refractivity (Wildman–Crippen MR) is 103 cm³/mol. The molecule has 136 valence electrons. The average molecular weight is 369 g/mol. The van der Waals surface area contributed by atoms with Gasteiger partial charge in [-0.25, -0.2) is 0 Å². The second-order valence-electron chi connectivity index (χ2n) is 7.02. The molecule has 0 bridgehead atoms. The molecule has 1 N–H and O–H groups in total. The van der Waals surface area contributed by atoms with Gasteiger partial charge in [0.05, 0.1) is 5.56 Å². The van der Waals surface area contributed by atoms with Crippen molar-refractivity contribution in [2.24, 2.45) is 0 Å². The zero-order valence-corrected chi connectivity index (χ0v) is 15.5. The summed E-state index contributed by atoms with van der Waals surface area (Å²) in [5, 5.41) is 7.32. The molecule has 2 aliphatic heterocycles. The highest BCUT2D eigenvalue weighted by Gasteiger charge is 2.45. The molecule has 0 spiro atoms. The Morgan fingerprint density at radius 1 is 0.962 bits per heavy atom. The van der Waals surface area contributed by atoms with Crippen LogP contribution in [0, 0.1) is 0 Å². The quantitative estimate of drug-likeness (QED) is 0.901. The van der Waals surface area contributed by atoms with Gasteiger partial charge in [0.15, 0.2) is 0 Å². The largest absolute Gasteiger partial charge is 0.371 e. The Hall–Kier alpha value is -2.34. The van der Waals surface area contributed by atoms with E-state index in [1.165, 1.54) is 11.3 Å². The first-order valence-electron chi connectivity index (χ1n) is 9.12. The van der Waals surface area contributed by atoms with Crippen molar-refractivity contribution in [2.75, 3.05) is 31.5 Å². The highest BCUT2D eigenvalue weighted by Crippen LogP contribution is 2.31. The van der Waals surface area contributed by atoms with Gasteiger partial charge in [-0.15, -0.1) is 0 Å². The highest BCUT2D eigenvalue weighted by atomic mass is 32.1. The van der Waals surface area contributed by atoms with Crippen LogP contribution in [0.5, 0.6) is 0 Å². The maximum absolute atomic E-state index is 13.2. The van der Waals surface area contributed by atoms with E-state index in [4.69, 9.17) is 0 Å². The third-order valence-electron chi connectivity index (χ3n) is 5.38. The number of piperidine rings is 1. The van der Waals surface area contributed by atoms with E-state index in [9.17, 15) is 9.59 Å². The number of para-hydroxylation sites is 1. The van der Waals surface area contributed by atoms with Gasteiger partial charge < -0.3 is 15.1 Å². The molecule has 2 fully saturated rings. The zero-order chi connectivity index (χ0) is 18.0. The van der Waals surface area contributed by atoms with Crippen LogP contribution in [-0.4, -0.2) is 53.3 Å². The smallest absolute Gasteiger partial charge is 0.254 e. The number of nitrogens with one attached hydrogen (secondary N) is 1. The van der Waals surface area contributed by atoms with Gasteiger partial charge in [0, 0.05) is 37.2 Å². The summed E-state index contributed by atoms with van der Waals surface area (Å²) in [5.74, 6) is 0.242. The van der Waals surface area contributed by atoms with Crippen LogP contribution in [0.25, 0.3) is 0 Å². The molecular weight excluding hydrogens is 346 g/mol. The Morgan fingerprint density at radius 3 is 2.27 bits per heavy atom.